The number of nitrogens with one attached hydrogen (secondary N) is 2. The van der Waals surface area contributed by atoms with Gasteiger partial charge in [0.05, 0.1) is 0 Å². The monoisotopic (exact) mass is 218 g/mol. The van der Waals surface area contributed by atoms with Gasteiger partial charge in [-0.1, -0.05) is 6.42 Å². The summed E-state index contributed by atoms with van der Waals surface area (Å²) >= 11 is 3.99. The minimum atomic E-state index is 0.0856. The fourth-order valence-corrected chi connectivity index (χ4v) is 1.14. The lowest BCUT2D eigenvalue weighted by atomic mass is 10.2. The van der Waals surface area contributed by atoms with Crippen molar-refractivity contribution in [3.05, 3.63) is 0 Å². The summed E-state index contributed by atoms with van der Waals surface area (Å²) in [7, 11) is 0. The van der Waals surface area contributed by atoms with E-state index in [1.165, 1.54) is 0 Å². The fourth-order valence-electron chi connectivity index (χ4n) is 1.03. The Bertz CT molecular complexity index is 165. The Kier molecular flexibility index (Phi) is 9.85. The molecule has 0 saturated heterocycles. The van der Waals surface area contributed by atoms with E-state index in [-0.39, 0.29) is 5.91 Å². The lowest BCUT2D eigenvalue weighted by molar-refractivity contribution is -0.121. The molecule has 0 aliphatic heterocycles. The van der Waals surface area contributed by atoms with Gasteiger partial charge in [0, 0.05) is 25.3 Å². The second-order valence-corrected chi connectivity index (χ2v) is 3.40. The van der Waals surface area contributed by atoms with Gasteiger partial charge in [-0.05, 0) is 12.8 Å². The molecule has 0 heterocycles. The molecule has 0 unspecified atom stereocenters. The highest BCUT2D eigenvalue weighted by atomic mass is 32.1. The molecule has 0 saturated carbocycles. The maximum atomic E-state index is 11.1. The lowest BCUT2D eigenvalue weighted by Crippen LogP contribution is -2.24. The van der Waals surface area contributed by atoms with E-state index in [4.69, 9.17) is 0 Å². The van der Waals surface area contributed by atoms with E-state index < -0.39 is 0 Å². The average molecular weight is 218 g/mol. The van der Waals surface area contributed by atoms with E-state index in [9.17, 15) is 9.59 Å². The van der Waals surface area contributed by atoms with Crippen molar-refractivity contribution >= 4 is 24.9 Å². The van der Waals surface area contributed by atoms with Crippen LogP contribution in [0, 0.1) is 0 Å². The van der Waals surface area contributed by atoms with Crippen molar-refractivity contribution in [1.29, 1.82) is 0 Å². The first-order valence-electron chi connectivity index (χ1n) is 4.86. The van der Waals surface area contributed by atoms with Crippen molar-refractivity contribution in [2.45, 2.75) is 25.7 Å². The number of unbranched alkanes of at least 4 members (excludes halogenated alkanes) is 2. The van der Waals surface area contributed by atoms with Gasteiger partial charge in [0.25, 0.3) is 0 Å². The fraction of sp³-hybridized carbons (Fsp3) is 0.778. The molecule has 0 aromatic heterocycles. The van der Waals surface area contributed by atoms with Gasteiger partial charge in [0.2, 0.25) is 12.3 Å². The Labute approximate surface area is 90.2 Å². The van der Waals surface area contributed by atoms with Crippen LogP contribution in [0.5, 0.6) is 0 Å². The minimum Gasteiger partial charge on any atom is -0.359 e. The molecule has 0 bridgehead atoms. The zero-order chi connectivity index (χ0) is 10.6. The summed E-state index contributed by atoms with van der Waals surface area (Å²) in [6.07, 6.45) is 4.03. The highest BCUT2D eigenvalue weighted by Crippen LogP contribution is 1.98. The molecule has 0 aromatic rings. The highest BCUT2D eigenvalue weighted by molar-refractivity contribution is 7.80. The van der Waals surface area contributed by atoms with Gasteiger partial charge in [-0.3, -0.25) is 9.59 Å². The van der Waals surface area contributed by atoms with Gasteiger partial charge in [-0.2, -0.15) is 12.6 Å². The Balaban J connectivity index is 3.10. The largest absolute Gasteiger partial charge is 0.359 e. The number of thiol groups is 1. The molecule has 4 nitrogen and oxygen atoms in total. The first-order chi connectivity index (χ1) is 6.81. The quantitative estimate of drug-likeness (QED) is 0.297. The topological polar surface area (TPSA) is 58.2 Å². The van der Waals surface area contributed by atoms with Crippen molar-refractivity contribution in [2.75, 3.05) is 18.8 Å². The number of carbonyl (C=O) groups is 2. The molecule has 0 atom stereocenters. The van der Waals surface area contributed by atoms with Crippen LogP contribution in [0.3, 0.4) is 0 Å². The molecule has 0 aliphatic carbocycles. The Hall–Kier alpha value is -0.710. The average Bonchev–Trinajstić information content (AvgIpc) is 2.20. The van der Waals surface area contributed by atoms with Crippen LogP contribution < -0.4 is 10.6 Å². The van der Waals surface area contributed by atoms with Crippen LogP contribution in [0.4, 0.5) is 0 Å². The number of rotatable bonds is 9. The second-order valence-electron chi connectivity index (χ2n) is 2.96. The summed E-state index contributed by atoms with van der Waals surface area (Å²) in [5.74, 6) is 0.761. The maximum Gasteiger partial charge on any atom is 0.220 e. The molecule has 0 aromatic carbocycles. The first kappa shape index (κ1) is 13.3. The van der Waals surface area contributed by atoms with Crippen LogP contribution in [-0.4, -0.2) is 31.2 Å². The third kappa shape index (κ3) is 9.38. The molecule has 0 radical (unpaired) electrons. The van der Waals surface area contributed by atoms with Crippen molar-refractivity contribution in [2.24, 2.45) is 0 Å². The summed E-state index contributed by atoms with van der Waals surface area (Å²) in [6, 6.07) is 0. The van der Waals surface area contributed by atoms with Gasteiger partial charge in [0.1, 0.15) is 0 Å². The predicted octanol–water partition coefficient (Wildman–Crippen LogP) is 0.339. The minimum absolute atomic E-state index is 0.0856. The standard InChI is InChI=1S/C9H18N2O2S/c12-8-10-5-3-1-2-4-9(13)11-6-7-14/h8,14H,1-7H2,(H,10,12)(H,11,13). The molecule has 0 spiro atoms. The summed E-state index contributed by atoms with van der Waals surface area (Å²) in [5, 5.41) is 5.33. The van der Waals surface area contributed by atoms with E-state index in [0.717, 1.165) is 19.3 Å². The SMILES string of the molecule is O=CNCCCCCC(=O)NCCS. The van der Waals surface area contributed by atoms with Crippen LogP contribution in [-0.2, 0) is 9.59 Å². The van der Waals surface area contributed by atoms with Crippen molar-refractivity contribution < 1.29 is 9.59 Å². The van der Waals surface area contributed by atoms with E-state index in [1.807, 2.05) is 0 Å². The van der Waals surface area contributed by atoms with Crippen molar-refractivity contribution in [1.82, 2.24) is 10.6 Å². The number of hydrogen-bond donors (Lipinski definition) is 3. The van der Waals surface area contributed by atoms with Gasteiger partial charge in [-0.15, -0.1) is 0 Å². The van der Waals surface area contributed by atoms with E-state index in [1.54, 1.807) is 0 Å². The Morgan fingerprint density at radius 1 is 1.21 bits per heavy atom. The van der Waals surface area contributed by atoms with Crippen LogP contribution in [0.2, 0.25) is 0 Å². The number of amides is 2. The summed E-state index contributed by atoms with van der Waals surface area (Å²) in [6.45, 7) is 1.33. The molecule has 5 heteroatoms. The summed E-state index contributed by atoms with van der Waals surface area (Å²) in [5.41, 5.74) is 0. The molecule has 2 amide bonds. The number of carbonyl (C=O) groups excluding carboxylic acids is 2. The third-order valence-electron chi connectivity index (χ3n) is 1.74. The zero-order valence-corrected chi connectivity index (χ0v) is 9.19. The Morgan fingerprint density at radius 3 is 2.64 bits per heavy atom. The molecular weight excluding hydrogens is 200 g/mol. The van der Waals surface area contributed by atoms with Crippen LogP contribution in [0.15, 0.2) is 0 Å². The third-order valence-corrected chi connectivity index (χ3v) is 1.97. The van der Waals surface area contributed by atoms with Crippen LogP contribution >= 0.6 is 12.6 Å². The zero-order valence-electron chi connectivity index (χ0n) is 8.29. The van der Waals surface area contributed by atoms with E-state index >= 15 is 0 Å². The predicted molar refractivity (Wildman–Crippen MR) is 59.4 cm³/mol. The van der Waals surface area contributed by atoms with Crippen molar-refractivity contribution in [3.63, 3.8) is 0 Å². The van der Waals surface area contributed by atoms with E-state index in [2.05, 4.69) is 23.3 Å². The Morgan fingerprint density at radius 2 is 2.00 bits per heavy atom. The second kappa shape index (κ2) is 10.4. The van der Waals surface area contributed by atoms with Crippen molar-refractivity contribution in [3.8, 4) is 0 Å². The van der Waals surface area contributed by atoms with Gasteiger partial charge in [-0.25, -0.2) is 0 Å². The van der Waals surface area contributed by atoms with Gasteiger partial charge < -0.3 is 10.6 Å². The van der Waals surface area contributed by atoms with Crippen LogP contribution in [0.1, 0.15) is 25.7 Å². The molecule has 0 rings (SSSR count). The highest BCUT2D eigenvalue weighted by Gasteiger charge is 1.98. The molecule has 82 valence electrons. The van der Waals surface area contributed by atoms with Gasteiger partial charge >= 0.3 is 0 Å². The summed E-state index contributed by atoms with van der Waals surface area (Å²) in [4.78, 5) is 21.0. The summed E-state index contributed by atoms with van der Waals surface area (Å²) < 4.78 is 0. The molecule has 0 aliphatic rings. The molecular formula is C9H18N2O2S. The normalized spacial score (nSPS) is 9.50. The molecule has 2 N–H and O–H groups in total. The van der Waals surface area contributed by atoms with Gasteiger partial charge in [0.15, 0.2) is 0 Å². The number of hydrogen-bond acceptors (Lipinski definition) is 3. The van der Waals surface area contributed by atoms with Crippen LogP contribution in [0.25, 0.3) is 0 Å². The molecule has 14 heavy (non-hydrogen) atoms. The van der Waals surface area contributed by atoms with E-state index in [0.29, 0.717) is 31.7 Å². The maximum absolute atomic E-state index is 11.1. The smallest absolute Gasteiger partial charge is 0.220 e. The molecule has 0 fully saturated rings. The first-order valence-corrected chi connectivity index (χ1v) is 5.49. The lowest BCUT2D eigenvalue weighted by Gasteiger charge is -2.02.